The van der Waals surface area contributed by atoms with E-state index in [1.807, 2.05) is 0 Å². The molecule has 0 bridgehead atoms. The summed E-state index contributed by atoms with van der Waals surface area (Å²) in [4.78, 5) is 4.08. The molecule has 0 aromatic carbocycles. The van der Waals surface area contributed by atoms with Crippen LogP contribution in [-0.2, 0) is 0 Å². The van der Waals surface area contributed by atoms with Gasteiger partial charge in [-0.15, -0.1) is 0 Å². The molecule has 0 radical (unpaired) electrons. The van der Waals surface area contributed by atoms with Crippen LogP contribution in [0.15, 0.2) is 0 Å². The van der Waals surface area contributed by atoms with Gasteiger partial charge in [-0.05, 0) is 18.3 Å². The second-order valence-electron chi connectivity index (χ2n) is 4.80. The Kier molecular flexibility index (Phi) is 3.98. The van der Waals surface area contributed by atoms with Crippen molar-refractivity contribution in [3.05, 3.63) is 0 Å². The zero-order chi connectivity index (χ0) is 11.4. The second kappa shape index (κ2) is 5.48. The molecule has 4 nitrogen and oxygen atoms in total. The maximum Gasteiger partial charge on any atom is 0.233 e. The summed E-state index contributed by atoms with van der Waals surface area (Å²) in [5, 5.41) is 4.14. The Bertz CT molecular complexity index is 318. The summed E-state index contributed by atoms with van der Waals surface area (Å²) in [5.41, 5.74) is 5.46. The molecular weight excluding hydrogens is 220 g/mol. The Morgan fingerprint density at radius 1 is 1.38 bits per heavy atom. The Hall–Kier alpha value is -0.840. The van der Waals surface area contributed by atoms with Crippen LogP contribution in [0.3, 0.4) is 0 Å². The van der Waals surface area contributed by atoms with Gasteiger partial charge in [-0.1, -0.05) is 32.6 Å². The maximum atomic E-state index is 5.46. The van der Waals surface area contributed by atoms with Crippen LogP contribution < -0.4 is 11.1 Å². The van der Waals surface area contributed by atoms with Crippen molar-refractivity contribution < 1.29 is 0 Å². The summed E-state index contributed by atoms with van der Waals surface area (Å²) in [5.74, 6) is 2.21. The molecule has 1 aliphatic rings. The number of nitrogens with two attached hydrogens (primary N) is 1. The SMILES string of the molecule is CC1CCC(CCNc2nc(N)ns2)CC1. The number of hydrogen-bond donors (Lipinski definition) is 2. The molecule has 1 aromatic rings. The fraction of sp³-hybridized carbons (Fsp3) is 0.818. The van der Waals surface area contributed by atoms with Crippen LogP contribution in [0, 0.1) is 11.8 Å². The fourth-order valence-electron chi connectivity index (χ4n) is 2.31. The lowest BCUT2D eigenvalue weighted by atomic mass is 9.81. The smallest absolute Gasteiger partial charge is 0.233 e. The summed E-state index contributed by atoms with van der Waals surface area (Å²) in [7, 11) is 0. The van der Waals surface area contributed by atoms with E-state index in [0.29, 0.717) is 5.95 Å². The van der Waals surface area contributed by atoms with Gasteiger partial charge in [0.15, 0.2) is 0 Å². The highest BCUT2D eigenvalue weighted by Gasteiger charge is 2.17. The first-order valence-corrected chi connectivity index (χ1v) is 6.84. The van der Waals surface area contributed by atoms with Gasteiger partial charge in [0.25, 0.3) is 0 Å². The van der Waals surface area contributed by atoms with Crippen LogP contribution in [0.5, 0.6) is 0 Å². The third kappa shape index (κ3) is 3.33. The summed E-state index contributed by atoms with van der Waals surface area (Å²) < 4.78 is 3.94. The Morgan fingerprint density at radius 2 is 2.12 bits per heavy atom. The zero-order valence-electron chi connectivity index (χ0n) is 9.78. The van der Waals surface area contributed by atoms with E-state index in [1.54, 1.807) is 0 Å². The van der Waals surface area contributed by atoms with Gasteiger partial charge in [0, 0.05) is 18.1 Å². The first-order valence-electron chi connectivity index (χ1n) is 6.07. The van der Waals surface area contributed by atoms with E-state index in [-0.39, 0.29) is 0 Å². The van der Waals surface area contributed by atoms with E-state index < -0.39 is 0 Å². The average Bonchev–Trinajstić information content (AvgIpc) is 2.67. The standard InChI is InChI=1S/C11H20N4S/c1-8-2-4-9(5-3-8)6-7-13-11-14-10(12)15-16-11/h8-9H,2-7H2,1H3,(H3,12,13,14,15). The van der Waals surface area contributed by atoms with Crippen molar-refractivity contribution in [1.29, 1.82) is 0 Å². The number of anilines is 2. The molecule has 1 fully saturated rings. The molecule has 5 heteroatoms. The first kappa shape index (κ1) is 11.6. The van der Waals surface area contributed by atoms with Gasteiger partial charge in [-0.25, -0.2) is 0 Å². The van der Waals surface area contributed by atoms with Crippen LogP contribution in [0.4, 0.5) is 11.1 Å². The minimum atomic E-state index is 0.374. The van der Waals surface area contributed by atoms with Crippen molar-refractivity contribution in [3.63, 3.8) is 0 Å². The van der Waals surface area contributed by atoms with E-state index in [9.17, 15) is 0 Å². The van der Waals surface area contributed by atoms with Crippen LogP contribution >= 0.6 is 11.5 Å². The van der Waals surface area contributed by atoms with E-state index in [2.05, 4.69) is 21.6 Å². The predicted molar refractivity (Wildman–Crippen MR) is 68.6 cm³/mol. The molecule has 0 aliphatic heterocycles. The van der Waals surface area contributed by atoms with Crippen molar-refractivity contribution in [2.75, 3.05) is 17.6 Å². The Balaban J connectivity index is 1.64. The lowest BCUT2D eigenvalue weighted by Gasteiger charge is -2.25. The summed E-state index contributed by atoms with van der Waals surface area (Å²) in [6, 6.07) is 0. The molecule has 0 amide bonds. The summed E-state index contributed by atoms with van der Waals surface area (Å²) >= 11 is 1.34. The lowest BCUT2D eigenvalue weighted by Crippen LogP contribution is -2.15. The fourth-order valence-corrected chi connectivity index (χ4v) is 2.83. The number of nitrogens with one attached hydrogen (secondary N) is 1. The van der Waals surface area contributed by atoms with Crippen molar-refractivity contribution in [2.24, 2.45) is 11.8 Å². The number of nitrogens with zero attached hydrogens (tertiary/aromatic N) is 2. The van der Waals surface area contributed by atoms with E-state index in [0.717, 1.165) is 23.5 Å². The molecular formula is C11H20N4S. The van der Waals surface area contributed by atoms with Gasteiger partial charge in [0.05, 0.1) is 0 Å². The molecule has 0 unspecified atom stereocenters. The third-order valence-electron chi connectivity index (χ3n) is 3.41. The summed E-state index contributed by atoms with van der Waals surface area (Å²) in [6.07, 6.45) is 6.82. The highest BCUT2D eigenvalue weighted by Crippen LogP contribution is 2.30. The topological polar surface area (TPSA) is 63.8 Å². The number of rotatable bonds is 4. The minimum absolute atomic E-state index is 0.374. The predicted octanol–water partition coefficient (Wildman–Crippen LogP) is 2.75. The van der Waals surface area contributed by atoms with E-state index in [1.165, 1.54) is 43.6 Å². The first-order chi connectivity index (χ1) is 7.74. The molecule has 1 aliphatic carbocycles. The number of hydrogen-bond acceptors (Lipinski definition) is 5. The van der Waals surface area contributed by atoms with Gasteiger partial charge in [-0.2, -0.15) is 9.36 Å². The average molecular weight is 240 g/mol. The van der Waals surface area contributed by atoms with Crippen molar-refractivity contribution in [3.8, 4) is 0 Å². The van der Waals surface area contributed by atoms with Gasteiger partial charge in [0.1, 0.15) is 0 Å². The molecule has 1 aromatic heterocycles. The van der Waals surface area contributed by atoms with Crippen LogP contribution in [0.25, 0.3) is 0 Å². The largest absolute Gasteiger partial charge is 0.367 e. The van der Waals surface area contributed by atoms with Gasteiger partial charge in [-0.3, -0.25) is 0 Å². The highest BCUT2D eigenvalue weighted by molar-refractivity contribution is 7.09. The van der Waals surface area contributed by atoms with Crippen molar-refractivity contribution in [1.82, 2.24) is 9.36 Å². The Morgan fingerprint density at radius 3 is 2.75 bits per heavy atom. The monoisotopic (exact) mass is 240 g/mol. The van der Waals surface area contributed by atoms with Crippen LogP contribution in [-0.4, -0.2) is 15.9 Å². The Labute approximate surface area is 101 Å². The molecule has 3 N–H and O–H groups in total. The number of nitrogen functional groups attached to an aromatic ring is 1. The van der Waals surface area contributed by atoms with Crippen molar-refractivity contribution >= 4 is 22.6 Å². The van der Waals surface area contributed by atoms with E-state index in [4.69, 9.17) is 5.73 Å². The molecule has 2 rings (SSSR count). The molecule has 16 heavy (non-hydrogen) atoms. The molecule has 0 atom stereocenters. The molecule has 0 saturated heterocycles. The van der Waals surface area contributed by atoms with Gasteiger partial charge in [0.2, 0.25) is 11.1 Å². The second-order valence-corrected chi connectivity index (χ2v) is 5.55. The molecule has 0 spiro atoms. The third-order valence-corrected chi connectivity index (χ3v) is 4.09. The quantitative estimate of drug-likeness (QED) is 0.849. The zero-order valence-corrected chi connectivity index (χ0v) is 10.6. The molecule has 1 heterocycles. The van der Waals surface area contributed by atoms with Crippen LogP contribution in [0.1, 0.15) is 39.0 Å². The lowest BCUT2D eigenvalue weighted by molar-refractivity contribution is 0.282. The molecule has 90 valence electrons. The normalized spacial score (nSPS) is 25.6. The van der Waals surface area contributed by atoms with Gasteiger partial charge < -0.3 is 11.1 Å². The summed E-state index contributed by atoms with van der Waals surface area (Å²) in [6.45, 7) is 3.35. The van der Waals surface area contributed by atoms with Crippen LogP contribution in [0.2, 0.25) is 0 Å². The number of aromatic nitrogens is 2. The minimum Gasteiger partial charge on any atom is -0.367 e. The molecule has 1 saturated carbocycles. The van der Waals surface area contributed by atoms with Crippen molar-refractivity contribution in [2.45, 2.75) is 39.0 Å². The highest BCUT2D eigenvalue weighted by atomic mass is 32.1. The van der Waals surface area contributed by atoms with E-state index >= 15 is 0 Å². The van der Waals surface area contributed by atoms with Gasteiger partial charge >= 0.3 is 0 Å². The maximum absolute atomic E-state index is 5.46.